The molecule has 3 heteroatoms. The molecule has 0 radical (unpaired) electrons. The second-order valence-electron chi connectivity index (χ2n) is 3.37. The first-order valence-electron chi connectivity index (χ1n) is 4.32. The van der Waals surface area contributed by atoms with E-state index in [-0.39, 0.29) is 6.61 Å². The van der Waals surface area contributed by atoms with Gasteiger partial charge in [-0.15, -0.1) is 0 Å². The summed E-state index contributed by atoms with van der Waals surface area (Å²) in [5, 5.41) is 18.9. The normalized spacial score (nSPS) is 15.7. The molecule has 2 N–H and O–H groups in total. The summed E-state index contributed by atoms with van der Waals surface area (Å²) in [6.07, 6.45) is 3.22. The van der Waals surface area contributed by atoms with Crippen LogP contribution in [0.5, 0.6) is 0 Å². The molecule has 0 heterocycles. The van der Waals surface area contributed by atoms with E-state index in [1.165, 1.54) is 13.0 Å². The van der Waals surface area contributed by atoms with Crippen LogP contribution in [0.4, 0.5) is 0 Å². The molecular weight excluding hydrogens is 200 g/mol. The molecule has 0 fully saturated rings. The minimum Gasteiger partial charge on any atom is -0.393 e. The minimum absolute atomic E-state index is 0.312. The van der Waals surface area contributed by atoms with E-state index < -0.39 is 5.60 Å². The molecule has 0 unspecified atom stereocenters. The third kappa shape index (κ3) is 3.14. The monoisotopic (exact) mass is 212 g/mol. The van der Waals surface area contributed by atoms with E-state index in [0.717, 1.165) is 5.56 Å². The van der Waals surface area contributed by atoms with Crippen LogP contribution in [-0.4, -0.2) is 22.4 Å². The lowest BCUT2D eigenvalue weighted by molar-refractivity contribution is 0.0442. The highest BCUT2D eigenvalue weighted by Gasteiger charge is 2.13. The average Bonchev–Trinajstić information content (AvgIpc) is 2.17. The largest absolute Gasteiger partial charge is 0.393 e. The Morgan fingerprint density at radius 1 is 1.43 bits per heavy atom. The van der Waals surface area contributed by atoms with Gasteiger partial charge in [0.25, 0.3) is 0 Å². The summed E-state index contributed by atoms with van der Waals surface area (Å²) in [5.74, 6) is 0. The number of benzene rings is 1. The van der Waals surface area contributed by atoms with E-state index in [2.05, 4.69) is 0 Å². The summed E-state index contributed by atoms with van der Waals surface area (Å²) in [6, 6.07) is 7.31. The highest BCUT2D eigenvalue weighted by molar-refractivity contribution is 6.32. The summed E-state index contributed by atoms with van der Waals surface area (Å²) in [7, 11) is 0. The zero-order valence-corrected chi connectivity index (χ0v) is 8.70. The molecule has 0 aromatic heterocycles. The van der Waals surface area contributed by atoms with E-state index in [1.807, 2.05) is 18.2 Å². The molecule has 1 atom stereocenters. The maximum atomic E-state index is 9.50. The quantitative estimate of drug-likeness (QED) is 0.806. The van der Waals surface area contributed by atoms with Crippen LogP contribution in [-0.2, 0) is 0 Å². The van der Waals surface area contributed by atoms with Crippen LogP contribution in [0, 0.1) is 0 Å². The van der Waals surface area contributed by atoms with Gasteiger partial charge < -0.3 is 10.2 Å². The Kier molecular flexibility index (Phi) is 3.69. The van der Waals surface area contributed by atoms with Crippen molar-refractivity contribution in [2.45, 2.75) is 12.5 Å². The van der Waals surface area contributed by atoms with E-state index in [0.29, 0.717) is 5.02 Å². The first-order chi connectivity index (χ1) is 6.55. The Balaban J connectivity index is 2.84. The Morgan fingerprint density at radius 2 is 2.07 bits per heavy atom. The second kappa shape index (κ2) is 4.60. The number of aliphatic hydroxyl groups excluding tert-OH is 1. The fraction of sp³-hybridized carbons (Fsp3) is 0.273. The van der Waals surface area contributed by atoms with Crippen LogP contribution in [0.2, 0.25) is 5.02 Å². The van der Waals surface area contributed by atoms with Gasteiger partial charge in [-0.1, -0.05) is 42.0 Å². The number of halogens is 1. The topological polar surface area (TPSA) is 40.5 Å². The molecule has 1 rings (SSSR count). The van der Waals surface area contributed by atoms with Gasteiger partial charge in [-0.05, 0) is 18.6 Å². The summed E-state index contributed by atoms with van der Waals surface area (Å²) < 4.78 is 0. The van der Waals surface area contributed by atoms with E-state index in [4.69, 9.17) is 16.7 Å². The van der Waals surface area contributed by atoms with Gasteiger partial charge in [0.05, 0.1) is 6.61 Å². The van der Waals surface area contributed by atoms with Crippen molar-refractivity contribution in [2.75, 3.05) is 6.61 Å². The standard InChI is InChI=1S/C11H13ClO2/c1-11(14,8-13)7-6-9-4-2-3-5-10(9)12/h2-7,13-14H,8H2,1H3/b7-6+/t11-/m0/s1. The summed E-state index contributed by atoms with van der Waals surface area (Å²) in [6.45, 7) is 1.22. The molecule has 0 amide bonds. The molecule has 1 aromatic rings. The Morgan fingerprint density at radius 3 is 2.64 bits per heavy atom. The van der Waals surface area contributed by atoms with Crippen LogP contribution in [0.15, 0.2) is 30.3 Å². The Bertz CT molecular complexity index is 332. The van der Waals surface area contributed by atoms with Crippen LogP contribution < -0.4 is 0 Å². The van der Waals surface area contributed by atoms with E-state index >= 15 is 0 Å². The van der Waals surface area contributed by atoms with Crippen molar-refractivity contribution in [1.82, 2.24) is 0 Å². The van der Waals surface area contributed by atoms with Gasteiger partial charge in [-0.3, -0.25) is 0 Å². The maximum Gasteiger partial charge on any atom is 0.103 e. The SMILES string of the molecule is C[C@](O)(/C=C/c1ccccc1Cl)CO. The van der Waals surface area contributed by atoms with Crippen molar-refractivity contribution in [3.05, 3.63) is 40.9 Å². The second-order valence-corrected chi connectivity index (χ2v) is 3.78. The van der Waals surface area contributed by atoms with Gasteiger partial charge in [0, 0.05) is 5.02 Å². The third-order valence-corrected chi connectivity index (χ3v) is 2.19. The molecular formula is C11H13ClO2. The summed E-state index contributed by atoms with van der Waals surface area (Å²) >= 11 is 5.90. The zero-order chi connectivity index (χ0) is 10.6. The lowest BCUT2D eigenvalue weighted by atomic mass is 10.1. The van der Waals surface area contributed by atoms with Crippen molar-refractivity contribution in [2.24, 2.45) is 0 Å². The molecule has 0 saturated carbocycles. The van der Waals surface area contributed by atoms with Gasteiger partial charge in [0.2, 0.25) is 0 Å². The summed E-state index contributed by atoms with van der Waals surface area (Å²) in [4.78, 5) is 0. The lowest BCUT2D eigenvalue weighted by Gasteiger charge is -2.14. The molecule has 0 spiro atoms. The highest BCUT2D eigenvalue weighted by Crippen LogP contribution is 2.17. The van der Waals surface area contributed by atoms with Crippen molar-refractivity contribution < 1.29 is 10.2 Å². The van der Waals surface area contributed by atoms with Crippen LogP contribution in [0.1, 0.15) is 12.5 Å². The van der Waals surface area contributed by atoms with Crippen LogP contribution in [0.25, 0.3) is 6.08 Å². The molecule has 2 nitrogen and oxygen atoms in total. The predicted molar refractivity (Wildman–Crippen MR) is 58.2 cm³/mol. The predicted octanol–water partition coefficient (Wildman–Crippen LogP) is 2.10. The zero-order valence-electron chi connectivity index (χ0n) is 7.94. The molecule has 14 heavy (non-hydrogen) atoms. The van der Waals surface area contributed by atoms with Gasteiger partial charge in [-0.25, -0.2) is 0 Å². The molecule has 0 aliphatic rings. The molecule has 0 bridgehead atoms. The number of rotatable bonds is 3. The van der Waals surface area contributed by atoms with Crippen molar-refractivity contribution in [1.29, 1.82) is 0 Å². The number of aliphatic hydroxyl groups is 2. The molecule has 0 saturated heterocycles. The Labute approximate surface area is 88.5 Å². The molecule has 1 aromatic carbocycles. The van der Waals surface area contributed by atoms with Crippen molar-refractivity contribution >= 4 is 17.7 Å². The van der Waals surface area contributed by atoms with Crippen LogP contribution >= 0.6 is 11.6 Å². The first-order valence-corrected chi connectivity index (χ1v) is 4.70. The minimum atomic E-state index is -1.20. The van der Waals surface area contributed by atoms with E-state index in [1.54, 1.807) is 12.1 Å². The fourth-order valence-corrected chi connectivity index (χ4v) is 1.13. The lowest BCUT2D eigenvalue weighted by Crippen LogP contribution is -2.25. The highest BCUT2D eigenvalue weighted by atomic mass is 35.5. The Hall–Kier alpha value is -0.830. The van der Waals surface area contributed by atoms with Crippen molar-refractivity contribution in [3.8, 4) is 0 Å². The summed E-state index contributed by atoms with van der Waals surface area (Å²) in [5.41, 5.74) is -0.373. The van der Waals surface area contributed by atoms with Crippen LogP contribution in [0.3, 0.4) is 0 Å². The third-order valence-electron chi connectivity index (χ3n) is 1.85. The smallest absolute Gasteiger partial charge is 0.103 e. The molecule has 76 valence electrons. The van der Waals surface area contributed by atoms with Gasteiger partial charge in [-0.2, -0.15) is 0 Å². The molecule has 0 aliphatic carbocycles. The van der Waals surface area contributed by atoms with E-state index in [9.17, 15) is 5.11 Å². The molecule has 0 aliphatic heterocycles. The number of hydrogen-bond donors (Lipinski definition) is 2. The first kappa shape index (κ1) is 11.2. The van der Waals surface area contributed by atoms with Gasteiger partial charge in [0.15, 0.2) is 0 Å². The van der Waals surface area contributed by atoms with Gasteiger partial charge >= 0.3 is 0 Å². The fourth-order valence-electron chi connectivity index (χ4n) is 0.932. The van der Waals surface area contributed by atoms with Crippen molar-refractivity contribution in [3.63, 3.8) is 0 Å². The average molecular weight is 213 g/mol. The van der Waals surface area contributed by atoms with Gasteiger partial charge in [0.1, 0.15) is 5.60 Å². The number of hydrogen-bond acceptors (Lipinski definition) is 2. The maximum absolute atomic E-state index is 9.50.